The summed E-state index contributed by atoms with van der Waals surface area (Å²) in [6.07, 6.45) is -4.54. The number of nitrogens with zero attached hydrogens (tertiary/aromatic N) is 2. The molecule has 0 unspecified atom stereocenters. The van der Waals surface area contributed by atoms with E-state index in [0.717, 1.165) is 12.1 Å². The van der Waals surface area contributed by atoms with Crippen molar-refractivity contribution in [1.82, 2.24) is 4.98 Å². The molecule has 7 heteroatoms. The van der Waals surface area contributed by atoms with Crippen LogP contribution >= 0.6 is 0 Å². The summed E-state index contributed by atoms with van der Waals surface area (Å²) in [5.41, 5.74) is -0.860. The number of hydrogen-bond acceptors (Lipinski definition) is 3. The molecule has 2 aromatic rings. The van der Waals surface area contributed by atoms with E-state index in [4.69, 9.17) is 0 Å². The van der Waals surface area contributed by atoms with Gasteiger partial charge in [-0.1, -0.05) is 18.2 Å². The Bertz CT molecular complexity index is 712. The Balaban J connectivity index is 2.70. The van der Waals surface area contributed by atoms with Crippen LogP contribution in [0.1, 0.15) is 15.9 Å². The van der Waals surface area contributed by atoms with Gasteiger partial charge in [0, 0.05) is 19.7 Å². The smallest absolute Gasteiger partial charge is 0.416 e. The summed E-state index contributed by atoms with van der Waals surface area (Å²) in [5, 5.41) is 9.17. The second-order valence-electron chi connectivity index (χ2n) is 4.84. The second-order valence-corrected chi connectivity index (χ2v) is 4.84. The third-order valence-electron chi connectivity index (χ3n) is 3.03. The van der Waals surface area contributed by atoms with Crippen LogP contribution in [0.5, 0.6) is 0 Å². The predicted molar refractivity (Wildman–Crippen MR) is 76.0 cm³/mol. The number of aromatic nitrogens is 1. The summed E-state index contributed by atoms with van der Waals surface area (Å²) in [6.45, 7) is 0. The Morgan fingerprint density at radius 1 is 1.18 bits per heavy atom. The van der Waals surface area contributed by atoms with E-state index in [1.54, 1.807) is 20.2 Å². The van der Waals surface area contributed by atoms with Crippen molar-refractivity contribution in [1.29, 1.82) is 0 Å². The Labute approximate surface area is 124 Å². The van der Waals surface area contributed by atoms with Gasteiger partial charge >= 0.3 is 12.1 Å². The number of benzene rings is 1. The Morgan fingerprint density at radius 2 is 1.82 bits per heavy atom. The van der Waals surface area contributed by atoms with Crippen LogP contribution in [0.25, 0.3) is 11.3 Å². The first kappa shape index (κ1) is 15.8. The van der Waals surface area contributed by atoms with E-state index in [1.807, 2.05) is 0 Å². The first-order valence-electron chi connectivity index (χ1n) is 6.29. The quantitative estimate of drug-likeness (QED) is 0.942. The molecule has 1 aromatic carbocycles. The van der Waals surface area contributed by atoms with Crippen molar-refractivity contribution in [2.75, 3.05) is 19.0 Å². The molecule has 0 saturated carbocycles. The molecule has 116 valence electrons. The minimum absolute atomic E-state index is 0.0310. The summed E-state index contributed by atoms with van der Waals surface area (Å²) in [5.74, 6) is -1.12. The Hall–Kier alpha value is -2.57. The van der Waals surface area contributed by atoms with Crippen molar-refractivity contribution < 1.29 is 23.1 Å². The zero-order valence-electron chi connectivity index (χ0n) is 11.8. The zero-order chi connectivity index (χ0) is 16.5. The summed E-state index contributed by atoms with van der Waals surface area (Å²) >= 11 is 0. The highest BCUT2D eigenvalue weighted by atomic mass is 19.4. The number of hydrogen-bond donors (Lipinski definition) is 1. The fourth-order valence-corrected chi connectivity index (χ4v) is 1.94. The van der Waals surface area contributed by atoms with E-state index in [-0.39, 0.29) is 22.6 Å². The van der Waals surface area contributed by atoms with E-state index >= 15 is 0 Å². The van der Waals surface area contributed by atoms with Crippen molar-refractivity contribution in [2.24, 2.45) is 0 Å². The maximum absolute atomic E-state index is 13.0. The molecule has 0 aliphatic heterocycles. The van der Waals surface area contributed by atoms with Gasteiger partial charge in [0.05, 0.1) is 16.8 Å². The number of carbonyl (C=O) groups is 1. The number of alkyl halides is 3. The van der Waals surface area contributed by atoms with E-state index in [1.165, 1.54) is 23.1 Å². The molecule has 2 rings (SSSR count). The molecular weight excluding hydrogens is 297 g/mol. The number of aromatic carboxylic acids is 1. The van der Waals surface area contributed by atoms with Gasteiger partial charge in [-0.3, -0.25) is 0 Å². The van der Waals surface area contributed by atoms with Crippen molar-refractivity contribution >= 4 is 11.8 Å². The Kier molecular flexibility index (Phi) is 4.07. The number of pyridine rings is 1. The molecule has 0 spiro atoms. The lowest BCUT2D eigenvalue weighted by Crippen LogP contribution is -2.14. The largest absolute Gasteiger partial charge is 0.478 e. The van der Waals surface area contributed by atoms with E-state index < -0.39 is 17.7 Å². The third-order valence-corrected chi connectivity index (χ3v) is 3.03. The number of rotatable bonds is 3. The van der Waals surface area contributed by atoms with Gasteiger partial charge in [0.1, 0.15) is 5.82 Å². The van der Waals surface area contributed by atoms with Gasteiger partial charge in [0.25, 0.3) is 0 Å². The lowest BCUT2D eigenvalue weighted by atomic mass is 10.0. The van der Waals surface area contributed by atoms with Crippen LogP contribution in [0.3, 0.4) is 0 Å². The summed E-state index contributed by atoms with van der Waals surface area (Å²) in [6, 6.07) is 7.61. The zero-order valence-corrected chi connectivity index (χ0v) is 11.8. The van der Waals surface area contributed by atoms with Crippen LogP contribution in [0.4, 0.5) is 19.0 Å². The fraction of sp³-hybridized carbons (Fsp3) is 0.200. The number of anilines is 1. The lowest BCUT2D eigenvalue weighted by molar-refractivity contribution is -0.137. The van der Waals surface area contributed by atoms with Gasteiger partial charge in [0.15, 0.2) is 0 Å². The average molecular weight is 310 g/mol. The Morgan fingerprint density at radius 3 is 2.36 bits per heavy atom. The molecule has 0 bridgehead atoms. The minimum atomic E-state index is -4.54. The van der Waals surface area contributed by atoms with Gasteiger partial charge in [-0.2, -0.15) is 13.2 Å². The van der Waals surface area contributed by atoms with Crippen LogP contribution in [0, 0.1) is 0 Å². The fourth-order valence-electron chi connectivity index (χ4n) is 1.94. The maximum atomic E-state index is 13.0. The maximum Gasteiger partial charge on any atom is 0.416 e. The van der Waals surface area contributed by atoms with Crippen molar-refractivity contribution in [3.8, 4) is 11.3 Å². The number of carboxylic acid groups (broad SMARTS) is 1. The van der Waals surface area contributed by atoms with E-state index in [9.17, 15) is 23.1 Å². The highest BCUT2D eigenvalue weighted by Gasteiger charge is 2.32. The molecule has 0 radical (unpaired) electrons. The average Bonchev–Trinajstić information content (AvgIpc) is 2.45. The highest BCUT2D eigenvalue weighted by Crippen LogP contribution is 2.34. The van der Waals surface area contributed by atoms with Crippen LogP contribution < -0.4 is 4.90 Å². The molecular formula is C15H13F3N2O2. The summed E-state index contributed by atoms with van der Waals surface area (Å²) < 4.78 is 39.1. The molecule has 22 heavy (non-hydrogen) atoms. The minimum Gasteiger partial charge on any atom is -0.478 e. The monoisotopic (exact) mass is 310 g/mol. The SMILES string of the molecule is CN(C)c1cc(C(F)(F)F)cc(-c2ccccc2C(=O)O)n1. The first-order valence-corrected chi connectivity index (χ1v) is 6.29. The van der Waals surface area contributed by atoms with Crippen LogP contribution in [-0.4, -0.2) is 30.2 Å². The van der Waals surface area contributed by atoms with E-state index in [0.29, 0.717) is 0 Å². The topological polar surface area (TPSA) is 53.4 Å². The van der Waals surface area contributed by atoms with Gasteiger partial charge in [-0.05, 0) is 18.2 Å². The van der Waals surface area contributed by atoms with Gasteiger partial charge < -0.3 is 10.0 Å². The van der Waals surface area contributed by atoms with Gasteiger partial charge in [-0.25, -0.2) is 9.78 Å². The number of halogens is 3. The predicted octanol–water partition coefficient (Wildman–Crippen LogP) is 3.53. The van der Waals surface area contributed by atoms with Crippen molar-refractivity contribution in [2.45, 2.75) is 6.18 Å². The van der Waals surface area contributed by atoms with Crippen molar-refractivity contribution in [3.05, 3.63) is 47.5 Å². The van der Waals surface area contributed by atoms with Gasteiger partial charge in [0.2, 0.25) is 0 Å². The molecule has 0 amide bonds. The molecule has 0 atom stereocenters. The molecule has 0 saturated heterocycles. The normalized spacial score (nSPS) is 11.3. The lowest BCUT2D eigenvalue weighted by Gasteiger charge is -2.17. The second kappa shape index (κ2) is 5.67. The van der Waals surface area contributed by atoms with Gasteiger partial charge in [-0.15, -0.1) is 0 Å². The number of carboxylic acids is 1. The summed E-state index contributed by atoms with van der Waals surface area (Å²) in [4.78, 5) is 16.8. The first-order chi connectivity index (χ1) is 10.2. The molecule has 4 nitrogen and oxygen atoms in total. The van der Waals surface area contributed by atoms with Crippen molar-refractivity contribution in [3.63, 3.8) is 0 Å². The summed E-state index contributed by atoms with van der Waals surface area (Å²) in [7, 11) is 3.13. The van der Waals surface area contributed by atoms with Crippen LogP contribution in [0.15, 0.2) is 36.4 Å². The molecule has 0 aliphatic rings. The molecule has 1 heterocycles. The third kappa shape index (κ3) is 3.19. The van der Waals surface area contributed by atoms with E-state index in [2.05, 4.69) is 4.98 Å². The molecule has 1 aromatic heterocycles. The molecule has 0 fully saturated rings. The highest BCUT2D eigenvalue weighted by molar-refractivity contribution is 5.95. The van der Waals surface area contributed by atoms with Crippen LogP contribution in [-0.2, 0) is 6.18 Å². The van der Waals surface area contributed by atoms with Crippen LogP contribution in [0.2, 0.25) is 0 Å². The molecule has 0 aliphatic carbocycles. The molecule has 1 N–H and O–H groups in total. The standard InChI is InChI=1S/C15H13F3N2O2/c1-20(2)13-8-9(15(16,17)18)7-12(19-13)10-5-3-4-6-11(10)14(21)22/h3-8H,1-2H3,(H,21,22).